The van der Waals surface area contributed by atoms with Crippen molar-refractivity contribution >= 4 is 17.7 Å². The van der Waals surface area contributed by atoms with Gasteiger partial charge in [0.05, 0.1) is 13.7 Å². The maximum atomic E-state index is 11.9. The van der Waals surface area contributed by atoms with Crippen LogP contribution in [0.25, 0.3) is 6.08 Å². The lowest BCUT2D eigenvalue weighted by atomic mass is 10.2. The van der Waals surface area contributed by atoms with E-state index in [1.807, 2.05) is 55.5 Å². The van der Waals surface area contributed by atoms with Gasteiger partial charge in [-0.05, 0) is 49.2 Å². The summed E-state index contributed by atoms with van der Waals surface area (Å²) in [6, 6.07) is 15.6. The summed E-state index contributed by atoms with van der Waals surface area (Å²) in [7, 11) is 1.60. The molecule has 0 saturated heterocycles. The molecule has 0 fully saturated rings. The van der Waals surface area contributed by atoms with E-state index in [0.717, 1.165) is 24.2 Å². The van der Waals surface area contributed by atoms with Gasteiger partial charge in [0.1, 0.15) is 0 Å². The fourth-order valence-corrected chi connectivity index (χ4v) is 2.38. The molecule has 0 spiro atoms. The second-order valence-corrected chi connectivity index (χ2v) is 5.61. The van der Waals surface area contributed by atoms with Crippen molar-refractivity contribution in [1.29, 1.82) is 0 Å². The molecule has 26 heavy (non-hydrogen) atoms. The zero-order valence-electron chi connectivity index (χ0n) is 15.3. The highest BCUT2D eigenvalue weighted by molar-refractivity contribution is 5.91. The van der Waals surface area contributed by atoms with Crippen LogP contribution in [0.5, 0.6) is 11.5 Å². The molecule has 0 aliphatic carbocycles. The molecular formula is C21H26N2O3. The first kappa shape index (κ1) is 19.4. The van der Waals surface area contributed by atoms with E-state index in [1.54, 1.807) is 13.2 Å². The van der Waals surface area contributed by atoms with Gasteiger partial charge in [0, 0.05) is 24.9 Å². The molecule has 0 aliphatic rings. The van der Waals surface area contributed by atoms with Crippen LogP contribution in [0.4, 0.5) is 5.69 Å². The number of nitrogens with one attached hydrogen (secondary N) is 2. The Kier molecular flexibility index (Phi) is 8.06. The summed E-state index contributed by atoms with van der Waals surface area (Å²) in [5, 5.41) is 6.19. The number of benzene rings is 2. The van der Waals surface area contributed by atoms with E-state index in [-0.39, 0.29) is 5.91 Å². The topological polar surface area (TPSA) is 59.6 Å². The molecule has 0 atom stereocenters. The second kappa shape index (κ2) is 10.8. The van der Waals surface area contributed by atoms with E-state index in [9.17, 15) is 4.79 Å². The molecule has 2 N–H and O–H groups in total. The van der Waals surface area contributed by atoms with Crippen molar-refractivity contribution in [3.63, 3.8) is 0 Å². The van der Waals surface area contributed by atoms with E-state index in [1.165, 1.54) is 6.08 Å². The van der Waals surface area contributed by atoms with Gasteiger partial charge in [-0.3, -0.25) is 4.79 Å². The van der Waals surface area contributed by atoms with Crippen LogP contribution in [0.1, 0.15) is 18.9 Å². The van der Waals surface area contributed by atoms with Gasteiger partial charge >= 0.3 is 0 Å². The molecule has 0 saturated carbocycles. The number of amides is 1. The zero-order valence-corrected chi connectivity index (χ0v) is 15.3. The van der Waals surface area contributed by atoms with Crippen LogP contribution in [-0.2, 0) is 4.79 Å². The summed E-state index contributed by atoms with van der Waals surface area (Å²) in [4.78, 5) is 11.9. The Balaban J connectivity index is 1.74. The summed E-state index contributed by atoms with van der Waals surface area (Å²) >= 11 is 0. The molecule has 0 radical (unpaired) electrons. The van der Waals surface area contributed by atoms with E-state index in [4.69, 9.17) is 9.47 Å². The molecule has 2 aromatic rings. The highest BCUT2D eigenvalue weighted by atomic mass is 16.5. The van der Waals surface area contributed by atoms with Gasteiger partial charge in [-0.25, -0.2) is 0 Å². The molecule has 5 heteroatoms. The number of methoxy groups -OCH3 is 1. The molecule has 0 heterocycles. The fraction of sp³-hybridized carbons (Fsp3) is 0.286. The number of carbonyl (C=O) groups excluding carboxylic acids is 1. The van der Waals surface area contributed by atoms with Crippen LogP contribution < -0.4 is 20.1 Å². The summed E-state index contributed by atoms with van der Waals surface area (Å²) < 4.78 is 10.8. The van der Waals surface area contributed by atoms with Crippen LogP contribution in [0, 0.1) is 0 Å². The number of ether oxygens (including phenoxy) is 2. The van der Waals surface area contributed by atoms with Gasteiger partial charge in [0.15, 0.2) is 11.5 Å². The van der Waals surface area contributed by atoms with Crippen LogP contribution in [-0.4, -0.2) is 32.7 Å². The molecule has 0 bridgehead atoms. The highest BCUT2D eigenvalue weighted by Gasteiger charge is 2.04. The number of carbonyl (C=O) groups is 1. The van der Waals surface area contributed by atoms with Gasteiger partial charge in [-0.15, -0.1) is 0 Å². The van der Waals surface area contributed by atoms with Crippen LogP contribution >= 0.6 is 0 Å². The molecule has 1 amide bonds. The smallest absolute Gasteiger partial charge is 0.244 e. The lowest BCUT2D eigenvalue weighted by Gasteiger charge is -2.09. The van der Waals surface area contributed by atoms with Gasteiger partial charge in [0.25, 0.3) is 0 Å². The summed E-state index contributed by atoms with van der Waals surface area (Å²) in [6.45, 7) is 3.91. The number of anilines is 1. The first-order valence-corrected chi connectivity index (χ1v) is 8.78. The number of rotatable bonds is 10. The third-order valence-corrected chi connectivity index (χ3v) is 3.67. The largest absolute Gasteiger partial charge is 0.493 e. The van der Waals surface area contributed by atoms with E-state index < -0.39 is 0 Å². The molecule has 0 aromatic heterocycles. The van der Waals surface area contributed by atoms with Crippen molar-refractivity contribution in [2.75, 3.05) is 32.1 Å². The molecule has 138 valence electrons. The van der Waals surface area contributed by atoms with E-state index >= 15 is 0 Å². The normalized spacial score (nSPS) is 10.5. The monoisotopic (exact) mass is 354 g/mol. The quantitative estimate of drug-likeness (QED) is 0.504. The van der Waals surface area contributed by atoms with Crippen LogP contribution in [0.3, 0.4) is 0 Å². The summed E-state index contributed by atoms with van der Waals surface area (Å²) in [6.07, 6.45) is 4.15. The molecule has 5 nitrogen and oxygen atoms in total. The predicted molar refractivity (Wildman–Crippen MR) is 106 cm³/mol. The third kappa shape index (κ3) is 6.51. The van der Waals surface area contributed by atoms with Gasteiger partial charge in [-0.2, -0.15) is 0 Å². The Morgan fingerprint density at radius 2 is 1.88 bits per heavy atom. The van der Waals surface area contributed by atoms with Crippen molar-refractivity contribution in [3.05, 3.63) is 60.2 Å². The summed E-state index contributed by atoms with van der Waals surface area (Å²) in [5.74, 6) is 1.24. The van der Waals surface area contributed by atoms with Gasteiger partial charge in [-0.1, -0.05) is 24.3 Å². The Morgan fingerprint density at radius 1 is 1.08 bits per heavy atom. The maximum absolute atomic E-state index is 11.9. The minimum Gasteiger partial charge on any atom is -0.493 e. The highest BCUT2D eigenvalue weighted by Crippen LogP contribution is 2.28. The Labute approximate surface area is 155 Å². The van der Waals surface area contributed by atoms with Crippen molar-refractivity contribution in [2.24, 2.45) is 0 Å². The molecule has 2 rings (SSSR count). The van der Waals surface area contributed by atoms with E-state index in [0.29, 0.717) is 24.7 Å². The van der Waals surface area contributed by atoms with Crippen molar-refractivity contribution in [1.82, 2.24) is 5.32 Å². The minimum absolute atomic E-state index is 0.113. The average molecular weight is 354 g/mol. The summed E-state index contributed by atoms with van der Waals surface area (Å²) in [5.41, 5.74) is 1.97. The zero-order chi connectivity index (χ0) is 18.6. The SMILES string of the molecule is CCOc1cc(/C=C/C(=O)NCCCNc2ccccc2)ccc1OC. The molecular weight excluding hydrogens is 328 g/mol. The Bertz CT molecular complexity index is 714. The first-order chi connectivity index (χ1) is 12.7. The van der Waals surface area contributed by atoms with Gasteiger partial charge in [0.2, 0.25) is 5.91 Å². The minimum atomic E-state index is -0.113. The molecule has 0 unspecified atom stereocenters. The number of para-hydroxylation sites is 1. The fourth-order valence-electron chi connectivity index (χ4n) is 2.38. The first-order valence-electron chi connectivity index (χ1n) is 8.78. The Morgan fingerprint density at radius 3 is 2.62 bits per heavy atom. The standard InChI is InChI=1S/C21H26N2O3/c1-3-26-20-16-17(10-12-19(20)25-2)11-13-21(24)23-15-7-14-22-18-8-5-4-6-9-18/h4-6,8-13,16,22H,3,7,14-15H2,1-2H3,(H,23,24)/b13-11+. The molecule has 2 aromatic carbocycles. The van der Waals surface area contributed by atoms with Crippen molar-refractivity contribution < 1.29 is 14.3 Å². The third-order valence-electron chi connectivity index (χ3n) is 3.67. The number of hydrogen-bond acceptors (Lipinski definition) is 4. The van der Waals surface area contributed by atoms with Crippen LogP contribution in [0.15, 0.2) is 54.6 Å². The number of hydrogen-bond donors (Lipinski definition) is 2. The molecule has 0 aliphatic heterocycles. The Hall–Kier alpha value is -2.95. The van der Waals surface area contributed by atoms with Crippen molar-refractivity contribution in [3.8, 4) is 11.5 Å². The van der Waals surface area contributed by atoms with E-state index in [2.05, 4.69) is 10.6 Å². The lowest BCUT2D eigenvalue weighted by Crippen LogP contribution is -2.23. The maximum Gasteiger partial charge on any atom is 0.244 e. The lowest BCUT2D eigenvalue weighted by molar-refractivity contribution is -0.116. The second-order valence-electron chi connectivity index (χ2n) is 5.61. The van der Waals surface area contributed by atoms with Gasteiger partial charge < -0.3 is 20.1 Å². The predicted octanol–water partition coefficient (Wildman–Crippen LogP) is 3.73. The van der Waals surface area contributed by atoms with Crippen molar-refractivity contribution in [2.45, 2.75) is 13.3 Å². The van der Waals surface area contributed by atoms with Crippen LogP contribution in [0.2, 0.25) is 0 Å². The average Bonchev–Trinajstić information content (AvgIpc) is 2.67.